The summed E-state index contributed by atoms with van der Waals surface area (Å²) < 4.78 is 1.99. The number of carbonyl (C=O) groups is 1. The van der Waals surface area contributed by atoms with Crippen LogP contribution in [0, 0.1) is 0 Å². The summed E-state index contributed by atoms with van der Waals surface area (Å²) in [6.07, 6.45) is 3.72. The molecule has 6 nitrogen and oxygen atoms in total. The Labute approximate surface area is 150 Å². The number of halogens is 1. The van der Waals surface area contributed by atoms with Crippen molar-refractivity contribution in [3.05, 3.63) is 59.2 Å². The number of piperidine rings is 1. The highest BCUT2D eigenvalue weighted by Gasteiger charge is 2.23. The first-order valence-electron chi connectivity index (χ1n) is 8.32. The maximum Gasteiger partial charge on any atom is 0.251 e. The van der Waals surface area contributed by atoms with Crippen LogP contribution in [-0.2, 0) is 0 Å². The van der Waals surface area contributed by atoms with Gasteiger partial charge in [-0.2, -0.15) is 0 Å². The highest BCUT2D eigenvalue weighted by molar-refractivity contribution is 6.30. The molecule has 3 heterocycles. The molecule has 25 heavy (non-hydrogen) atoms. The Hall–Kier alpha value is -2.60. The lowest BCUT2D eigenvalue weighted by Crippen LogP contribution is -2.45. The highest BCUT2D eigenvalue weighted by atomic mass is 35.5. The fourth-order valence-electron chi connectivity index (χ4n) is 3.14. The largest absolute Gasteiger partial charge is 0.349 e. The van der Waals surface area contributed by atoms with Gasteiger partial charge in [-0.25, -0.2) is 0 Å². The van der Waals surface area contributed by atoms with Crippen molar-refractivity contribution in [2.45, 2.75) is 18.9 Å². The molecule has 0 bridgehead atoms. The molecule has 1 N–H and O–H groups in total. The quantitative estimate of drug-likeness (QED) is 0.784. The van der Waals surface area contributed by atoms with E-state index in [4.69, 9.17) is 11.6 Å². The highest BCUT2D eigenvalue weighted by Crippen LogP contribution is 2.19. The van der Waals surface area contributed by atoms with Gasteiger partial charge in [0.2, 0.25) is 5.95 Å². The Kier molecular flexibility index (Phi) is 4.28. The van der Waals surface area contributed by atoms with Crippen molar-refractivity contribution < 1.29 is 4.79 Å². The number of pyridine rings is 1. The van der Waals surface area contributed by atoms with Crippen LogP contribution in [0.2, 0.25) is 5.02 Å². The van der Waals surface area contributed by atoms with E-state index in [1.807, 2.05) is 28.8 Å². The summed E-state index contributed by atoms with van der Waals surface area (Å²) in [5.74, 6) is 0.807. The van der Waals surface area contributed by atoms with Crippen LogP contribution in [0.3, 0.4) is 0 Å². The van der Waals surface area contributed by atoms with Gasteiger partial charge in [0.1, 0.15) is 0 Å². The number of benzene rings is 1. The smallest absolute Gasteiger partial charge is 0.251 e. The number of anilines is 1. The molecule has 7 heteroatoms. The lowest BCUT2D eigenvalue weighted by Gasteiger charge is -2.32. The molecule has 1 aromatic carbocycles. The van der Waals surface area contributed by atoms with Gasteiger partial charge in [-0.15, -0.1) is 10.2 Å². The van der Waals surface area contributed by atoms with Gasteiger partial charge in [-0.1, -0.05) is 17.7 Å². The van der Waals surface area contributed by atoms with Crippen molar-refractivity contribution in [2.75, 3.05) is 18.0 Å². The second-order valence-electron chi connectivity index (χ2n) is 6.17. The van der Waals surface area contributed by atoms with Crippen LogP contribution < -0.4 is 10.2 Å². The van der Waals surface area contributed by atoms with E-state index in [-0.39, 0.29) is 11.9 Å². The third-order valence-electron chi connectivity index (χ3n) is 4.52. The first kappa shape index (κ1) is 15.9. The Morgan fingerprint density at radius 1 is 1.08 bits per heavy atom. The van der Waals surface area contributed by atoms with Crippen LogP contribution in [-0.4, -0.2) is 39.6 Å². The number of nitrogens with one attached hydrogen (secondary N) is 1. The number of nitrogens with zero attached hydrogens (tertiary/aromatic N) is 4. The molecule has 1 aliphatic heterocycles. The molecule has 1 saturated heterocycles. The lowest BCUT2D eigenvalue weighted by atomic mass is 10.0. The molecule has 4 rings (SSSR count). The van der Waals surface area contributed by atoms with Gasteiger partial charge in [0.05, 0.1) is 0 Å². The van der Waals surface area contributed by atoms with E-state index in [0.29, 0.717) is 10.6 Å². The monoisotopic (exact) mass is 355 g/mol. The SMILES string of the molecule is O=C(NC1CCN(c2nnc3ccccn23)CC1)c1ccc(Cl)cc1. The summed E-state index contributed by atoms with van der Waals surface area (Å²) >= 11 is 5.86. The zero-order valence-electron chi connectivity index (χ0n) is 13.6. The molecule has 2 aromatic heterocycles. The molecular formula is C18H18ClN5O. The Bertz CT molecular complexity index is 884. The van der Waals surface area contributed by atoms with E-state index >= 15 is 0 Å². The molecule has 1 fully saturated rings. The average Bonchev–Trinajstić information content (AvgIpc) is 3.07. The first-order chi connectivity index (χ1) is 12.2. The molecule has 0 aliphatic carbocycles. The van der Waals surface area contributed by atoms with E-state index in [9.17, 15) is 4.79 Å². The van der Waals surface area contributed by atoms with Crippen LogP contribution in [0.1, 0.15) is 23.2 Å². The number of amides is 1. The number of aromatic nitrogens is 3. The normalized spacial score (nSPS) is 15.5. The van der Waals surface area contributed by atoms with Crippen LogP contribution >= 0.6 is 11.6 Å². The van der Waals surface area contributed by atoms with Crippen molar-refractivity contribution in [3.8, 4) is 0 Å². The molecule has 0 saturated carbocycles. The second-order valence-corrected chi connectivity index (χ2v) is 6.61. The summed E-state index contributed by atoms with van der Waals surface area (Å²) in [6, 6.07) is 13.0. The fourth-order valence-corrected chi connectivity index (χ4v) is 3.26. The number of hydrogen-bond acceptors (Lipinski definition) is 4. The van der Waals surface area contributed by atoms with E-state index in [1.165, 1.54) is 0 Å². The van der Waals surface area contributed by atoms with Crippen LogP contribution in [0.25, 0.3) is 5.65 Å². The molecular weight excluding hydrogens is 338 g/mol. The molecule has 0 unspecified atom stereocenters. The number of fused-ring (bicyclic) bond motifs is 1. The van der Waals surface area contributed by atoms with Crippen molar-refractivity contribution in [1.82, 2.24) is 19.9 Å². The molecule has 0 radical (unpaired) electrons. The molecule has 0 atom stereocenters. The second kappa shape index (κ2) is 6.72. The summed E-state index contributed by atoms with van der Waals surface area (Å²) in [5, 5.41) is 12.2. The molecule has 3 aromatic rings. The minimum absolute atomic E-state index is 0.0527. The van der Waals surface area contributed by atoms with Crippen LogP contribution in [0.5, 0.6) is 0 Å². The van der Waals surface area contributed by atoms with Gasteiger partial charge in [-0.3, -0.25) is 9.20 Å². The van der Waals surface area contributed by atoms with E-state index in [2.05, 4.69) is 20.4 Å². The number of hydrogen-bond donors (Lipinski definition) is 1. The van der Waals surface area contributed by atoms with Gasteiger partial charge in [0.25, 0.3) is 5.91 Å². The van der Waals surface area contributed by atoms with Crippen molar-refractivity contribution >= 4 is 29.1 Å². The van der Waals surface area contributed by atoms with Gasteiger partial charge in [0.15, 0.2) is 5.65 Å². The third kappa shape index (κ3) is 3.30. The maximum absolute atomic E-state index is 12.3. The lowest BCUT2D eigenvalue weighted by molar-refractivity contribution is 0.0931. The van der Waals surface area contributed by atoms with Gasteiger partial charge in [0, 0.05) is 35.9 Å². The average molecular weight is 356 g/mol. The van der Waals surface area contributed by atoms with Gasteiger partial charge in [-0.05, 0) is 49.2 Å². The zero-order chi connectivity index (χ0) is 17.2. The predicted octanol–water partition coefficient (Wildman–Crippen LogP) is 2.78. The minimum atomic E-state index is -0.0527. The van der Waals surface area contributed by atoms with Crippen LogP contribution in [0.4, 0.5) is 5.95 Å². The summed E-state index contributed by atoms with van der Waals surface area (Å²) in [4.78, 5) is 14.5. The summed E-state index contributed by atoms with van der Waals surface area (Å²) in [7, 11) is 0. The molecule has 0 spiro atoms. The topological polar surface area (TPSA) is 62.5 Å². The summed E-state index contributed by atoms with van der Waals surface area (Å²) in [5.41, 5.74) is 1.48. The fraction of sp³-hybridized carbons (Fsp3) is 0.278. The number of rotatable bonds is 3. The zero-order valence-corrected chi connectivity index (χ0v) is 14.4. The molecule has 1 amide bonds. The van der Waals surface area contributed by atoms with E-state index in [0.717, 1.165) is 37.5 Å². The molecule has 1 aliphatic rings. The third-order valence-corrected chi connectivity index (χ3v) is 4.77. The van der Waals surface area contributed by atoms with E-state index in [1.54, 1.807) is 24.3 Å². The summed E-state index contributed by atoms with van der Waals surface area (Å²) in [6.45, 7) is 1.67. The molecule has 128 valence electrons. The minimum Gasteiger partial charge on any atom is -0.349 e. The van der Waals surface area contributed by atoms with Crippen molar-refractivity contribution in [1.29, 1.82) is 0 Å². The van der Waals surface area contributed by atoms with Crippen molar-refractivity contribution in [2.24, 2.45) is 0 Å². The Balaban J connectivity index is 1.38. The predicted molar refractivity (Wildman–Crippen MR) is 97.1 cm³/mol. The van der Waals surface area contributed by atoms with E-state index < -0.39 is 0 Å². The first-order valence-corrected chi connectivity index (χ1v) is 8.69. The Morgan fingerprint density at radius 2 is 1.84 bits per heavy atom. The maximum atomic E-state index is 12.3. The standard InChI is InChI=1S/C18H18ClN5O/c19-14-6-4-13(5-7-14)17(25)20-15-8-11-23(12-9-15)18-22-21-16-3-1-2-10-24(16)18/h1-7,10,15H,8-9,11-12H2,(H,20,25). The van der Waals surface area contributed by atoms with Crippen LogP contribution in [0.15, 0.2) is 48.7 Å². The van der Waals surface area contributed by atoms with Crippen molar-refractivity contribution in [3.63, 3.8) is 0 Å². The Morgan fingerprint density at radius 3 is 2.60 bits per heavy atom. The number of carbonyl (C=O) groups excluding carboxylic acids is 1. The van der Waals surface area contributed by atoms with Gasteiger partial charge < -0.3 is 10.2 Å². The van der Waals surface area contributed by atoms with Gasteiger partial charge >= 0.3 is 0 Å².